The first-order chi connectivity index (χ1) is 13.2. The fraction of sp³-hybridized carbons (Fsp3) is 0.238. The molecule has 2 heterocycles. The molecule has 1 amide bonds. The van der Waals surface area contributed by atoms with Gasteiger partial charge >= 0.3 is 0 Å². The van der Waals surface area contributed by atoms with Crippen molar-refractivity contribution in [2.75, 3.05) is 18.0 Å². The van der Waals surface area contributed by atoms with Crippen LogP contribution in [0.3, 0.4) is 0 Å². The molecule has 6 heteroatoms. The monoisotopic (exact) mass is 364 g/mol. The van der Waals surface area contributed by atoms with Crippen molar-refractivity contribution in [2.45, 2.75) is 18.9 Å². The average molecular weight is 364 g/mol. The predicted molar refractivity (Wildman–Crippen MR) is 103 cm³/mol. The standard InChI is InChI=1S/C21H21FN4O/c22-17-9-4-8-16(12-17)21(27)23-18-10-5-11-26(14-18)20-13-19(24-25-20)15-6-2-1-3-7-15/h1-4,6-9,12-13,18H,5,10-11,14H2,(H,23,27)(H,24,25)/t18-/m1/s1. The van der Waals surface area contributed by atoms with Crippen LogP contribution < -0.4 is 10.2 Å². The zero-order chi connectivity index (χ0) is 18.6. The number of halogens is 1. The summed E-state index contributed by atoms with van der Waals surface area (Å²) in [7, 11) is 0. The van der Waals surface area contributed by atoms with E-state index in [9.17, 15) is 9.18 Å². The maximum absolute atomic E-state index is 13.3. The quantitative estimate of drug-likeness (QED) is 0.743. The minimum absolute atomic E-state index is 0.00592. The Hall–Kier alpha value is -3.15. The predicted octanol–water partition coefficient (Wildman–Crippen LogP) is 3.61. The maximum Gasteiger partial charge on any atom is 0.251 e. The molecule has 1 aliphatic heterocycles. The number of hydrogen-bond acceptors (Lipinski definition) is 3. The third kappa shape index (κ3) is 4.00. The summed E-state index contributed by atoms with van der Waals surface area (Å²) >= 11 is 0. The lowest BCUT2D eigenvalue weighted by atomic mass is 10.0. The number of aromatic nitrogens is 2. The number of aromatic amines is 1. The highest BCUT2D eigenvalue weighted by molar-refractivity contribution is 5.94. The topological polar surface area (TPSA) is 61.0 Å². The molecule has 5 nitrogen and oxygen atoms in total. The van der Waals surface area contributed by atoms with Crippen LogP contribution in [0.4, 0.5) is 10.2 Å². The van der Waals surface area contributed by atoms with Gasteiger partial charge in [-0.15, -0.1) is 0 Å². The second-order valence-electron chi connectivity index (χ2n) is 6.77. The normalized spacial score (nSPS) is 16.9. The number of piperidine rings is 1. The lowest BCUT2D eigenvalue weighted by molar-refractivity contribution is 0.0932. The van der Waals surface area contributed by atoms with Gasteiger partial charge in [0.05, 0.1) is 5.69 Å². The van der Waals surface area contributed by atoms with E-state index in [2.05, 4.69) is 20.4 Å². The van der Waals surface area contributed by atoms with Crippen LogP contribution in [0, 0.1) is 5.82 Å². The highest BCUT2D eigenvalue weighted by Crippen LogP contribution is 2.24. The number of H-pyrrole nitrogens is 1. The first-order valence-electron chi connectivity index (χ1n) is 9.11. The fourth-order valence-electron chi connectivity index (χ4n) is 3.44. The SMILES string of the molecule is O=C(N[C@@H]1CCCN(c2cc(-c3ccccc3)[nH]n2)C1)c1cccc(F)c1. The molecule has 0 saturated carbocycles. The second-order valence-corrected chi connectivity index (χ2v) is 6.77. The Balaban J connectivity index is 1.42. The van der Waals surface area contributed by atoms with Crippen LogP contribution in [0.25, 0.3) is 11.3 Å². The molecule has 1 atom stereocenters. The third-order valence-electron chi connectivity index (χ3n) is 4.82. The number of hydrogen-bond donors (Lipinski definition) is 2. The number of benzene rings is 2. The van der Waals surface area contributed by atoms with Gasteiger partial charge in [-0.05, 0) is 36.6 Å². The van der Waals surface area contributed by atoms with E-state index in [1.54, 1.807) is 12.1 Å². The van der Waals surface area contributed by atoms with Crippen molar-refractivity contribution in [3.8, 4) is 11.3 Å². The molecular formula is C21H21FN4O. The molecule has 2 N–H and O–H groups in total. The van der Waals surface area contributed by atoms with Gasteiger partial charge in [-0.25, -0.2) is 4.39 Å². The van der Waals surface area contributed by atoms with Crippen LogP contribution in [0.2, 0.25) is 0 Å². The van der Waals surface area contributed by atoms with Crippen LogP contribution in [0.1, 0.15) is 23.2 Å². The van der Waals surface area contributed by atoms with Crippen LogP contribution in [0.15, 0.2) is 60.7 Å². The van der Waals surface area contributed by atoms with Crippen molar-refractivity contribution < 1.29 is 9.18 Å². The van der Waals surface area contributed by atoms with Crippen LogP contribution in [0.5, 0.6) is 0 Å². The lowest BCUT2D eigenvalue weighted by Gasteiger charge is -2.33. The van der Waals surface area contributed by atoms with E-state index in [-0.39, 0.29) is 11.9 Å². The number of anilines is 1. The molecule has 1 fully saturated rings. The first-order valence-corrected chi connectivity index (χ1v) is 9.11. The molecule has 2 aromatic carbocycles. The van der Waals surface area contributed by atoms with Gasteiger partial charge in [-0.1, -0.05) is 36.4 Å². The van der Waals surface area contributed by atoms with Gasteiger partial charge < -0.3 is 10.2 Å². The third-order valence-corrected chi connectivity index (χ3v) is 4.82. The van der Waals surface area contributed by atoms with E-state index in [4.69, 9.17) is 0 Å². The molecule has 1 saturated heterocycles. The number of carbonyl (C=O) groups excluding carboxylic acids is 1. The second kappa shape index (κ2) is 7.61. The number of rotatable bonds is 4. The van der Waals surface area contributed by atoms with Gasteiger partial charge in [-0.2, -0.15) is 5.10 Å². The molecule has 0 spiro atoms. The Morgan fingerprint density at radius 2 is 2.00 bits per heavy atom. The van der Waals surface area contributed by atoms with Crippen molar-refractivity contribution in [1.29, 1.82) is 0 Å². The molecule has 0 aliphatic carbocycles. The summed E-state index contributed by atoms with van der Waals surface area (Å²) in [4.78, 5) is 14.5. The Kier molecular flexibility index (Phi) is 4.87. The number of nitrogens with zero attached hydrogens (tertiary/aromatic N) is 2. The Labute approximate surface area is 157 Å². The smallest absolute Gasteiger partial charge is 0.251 e. The summed E-state index contributed by atoms with van der Waals surface area (Å²) in [5.74, 6) is 0.227. The largest absolute Gasteiger partial charge is 0.353 e. The first kappa shape index (κ1) is 17.3. The average Bonchev–Trinajstić information content (AvgIpc) is 3.19. The van der Waals surface area contributed by atoms with Crippen molar-refractivity contribution >= 4 is 11.7 Å². The van der Waals surface area contributed by atoms with Crippen molar-refractivity contribution in [2.24, 2.45) is 0 Å². The van der Waals surface area contributed by atoms with Gasteiger partial charge in [0.15, 0.2) is 5.82 Å². The lowest BCUT2D eigenvalue weighted by Crippen LogP contribution is -2.48. The zero-order valence-electron chi connectivity index (χ0n) is 14.9. The highest BCUT2D eigenvalue weighted by Gasteiger charge is 2.23. The maximum atomic E-state index is 13.3. The van der Waals surface area contributed by atoms with Gasteiger partial charge in [0.25, 0.3) is 5.91 Å². The Bertz CT molecular complexity index is 925. The summed E-state index contributed by atoms with van der Waals surface area (Å²) in [5.41, 5.74) is 2.40. The van der Waals surface area contributed by atoms with Crippen LogP contribution >= 0.6 is 0 Å². The Morgan fingerprint density at radius 3 is 2.81 bits per heavy atom. The zero-order valence-corrected chi connectivity index (χ0v) is 14.9. The summed E-state index contributed by atoms with van der Waals surface area (Å²) in [6.45, 7) is 1.57. The van der Waals surface area contributed by atoms with Crippen LogP contribution in [-0.2, 0) is 0 Å². The van der Waals surface area contributed by atoms with Gasteiger partial charge in [-0.3, -0.25) is 9.89 Å². The van der Waals surface area contributed by atoms with Crippen molar-refractivity contribution in [3.63, 3.8) is 0 Å². The number of amides is 1. The van der Waals surface area contributed by atoms with E-state index >= 15 is 0 Å². The van der Waals surface area contributed by atoms with Crippen molar-refractivity contribution in [3.05, 3.63) is 72.0 Å². The number of carbonyl (C=O) groups is 1. The van der Waals surface area contributed by atoms with Gasteiger partial charge in [0.2, 0.25) is 0 Å². The van der Waals surface area contributed by atoms with Crippen molar-refractivity contribution in [1.82, 2.24) is 15.5 Å². The minimum atomic E-state index is -0.405. The molecule has 0 radical (unpaired) electrons. The number of nitrogens with one attached hydrogen (secondary N) is 2. The molecule has 27 heavy (non-hydrogen) atoms. The molecule has 3 aromatic rings. The summed E-state index contributed by atoms with van der Waals surface area (Å²) < 4.78 is 13.3. The molecule has 4 rings (SSSR count). The molecule has 0 bridgehead atoms. The molecule has 1 aliphatic rings. The molecule has 0 unspecified atom stereocenters. The molecular weight excluding hydrogens is 343 g/mol. The molecule has 138 valence electrons. The van der Waals surface area contributed by atoms with E-state index in [1.165, 1.54) is 12.1 Å². The van der Waals surface area contributed by atoms with E-state index in [1.807, 2.05) is 36.4 Å². The summed E-state index contributed by atoms with van der Waals surface area (Å²) in [5, 5.41) is 10.5. The summed E-state index contributed by atoms with van der Waals surface area (Å²) in [6, 6.07) is 17.9. The van der Waals surface area contributed by atoms with Gasteiger partial charge in [0, 0.05) is 30.8 Å². The molecule has 1 aromatic heterocycles. The van der Waals surface area contributed by atoms with E-state index in [0.29, 0.717) is 12.1 Å². The summed E-state index contributed by atoms with van der Waals surface area (Å²) in [6.07, 6.45) is 1.86. The fourth-order valence-corrected chi connectivity index (χ4v) is 3.44. The van der Waals surface area contributed by atoms with Gasteiger partial charge in [0.1, 0.15) is 5.82 Å². The van der Waals surface area contributed by atoms with E-state index in [0.717, 1.165) is 36.5 Å². The Morgan fingerprint density at radius 1 is 1.15 bits per heavy atom. The van der Waals surface area contributed by atoms with Crippen LogP contribution in [-0.4, -0.2) is 35.2 Å². The minimum Gasteiger partial charge on any atom is -0.353 e. The highest BCUT2D eigenvalue weighted by atomic mass is 19.1. The van der Waals surface area contributed by atoms with E-state index < -0.39 is 5.82 Å².